The zero-order chi connectivity index (χ0) is 17.9. The van der Waals surface area contributed by atoms with Crippen molar-refractivity contribution in [3.8, 4) is 0 Å². The molecule has 0 aliphatic carbocycles. The Balaban J connectivity index is 1.40. The molecule has 2 N–H and O–H groups in total. The Hall–Kier alpha value is -1.80. The lowest BCUT2D eigenvalue weighted by molar-refractivity contribution is -0.362. The van der Waals surface area contributed by atoms with Crippen LogP contribution in [0.25, 0.3) is 0 Å². The van der Waals surface area contributed by atoms with Gasteiger partial charge in [-0.05, 0) is 5.56 Å². The van der Waals surface area contributed by atoms with E-state index in [9.17, 15) is 10.2 Å². The van der Waals surface area contributed by atoms with Crippen molar-refractivity contribution in [1.29, 1.82) is 0 Å². The molecule has 26 heavy (non-hydrogen) atoms. The van der Waals surface area contributed by atoms with E-state index in [1.54, 1.807) is 0 Å². The molecule has 0 bridgehead atoms. The van der Waals surface area contributed by atoms with Crippen LogP contribution in [0.4, 0.5) is 0 Å². The van der Waals surface area contributed by atoms with Crippen molar-refractivity contribution in [3.05, 3.63) is 71.8 Å². The molecule has 2 aliphatic heterocycles. The highest BCUT2D eigenvalue weighted by Crippen LogP contribution is 2.34. The lowest BCUT2D eigenvalue weighted by Crippen LogP contribution is -2.62. The molecule has 6 atom stereocenters. The van der Waals surface area contributed by atoms with Crippen LogP contribution in [0.1, 0.15) is 17.4 Å². The monoisotopic (exact) mass is 358 g/mol. The Labute approximate surface area is 151 Å². The van der Waals surface area contributed by atoms with Crippen LogP contribution in [0.2, 0.25) is 0 Å². The summed E-state index contributed by atoms with van der Waals surface area (Å²) < 4.78 is 23.1. The summed E-state index contributed by atoms with van der Waals surface area (Å²) >= 11 is 0. The van der Waals surface area contributed by atoms with Crippen molar-refractivity contribution in [2.75, 3.05) is 6.61 Å². The fourth-order valence-corrected chi connectivity index (χ4v) is 3.25. The fourth-order valence-electron chi connectivity index (χ4n) is 3.25. The van der Waals surface area contributed by atoms with Gasteiger partial charge >= 0.3 is 0 Å². The molecule has 4 rings (SSSR count). The lowest BCUT2D eigenvalue weighted by atomic mass is 9.98. The molecule has 6 heteroatoms. The Bertz CT molecular complexity index is 692. The summed E-state index contributed by atoms with van der Waals surface area (Å²) in [4.78, 5) is 0. The summed E-state index contributed by atoms with van der Waals surface area (Å²) in [5, 5.41) is 20.9. The molecule has 2 saturated heterocycles. The molecule has 0 radical (unpaired) electrons. The molecule has 2 heterocycles. The van der Waals surface area contributed by atoms with Crippen LogP contribution >= 0.6 is 0 Å². The number of aliphatic hydroxyl groups is 2. The highest BCUT2D eigenvalue weighted by molar-refractivity contribution is 5.17. The third-order valence-corrected chi connectivity index (χ3v) is 4.66. The molecule has 2 aliphatic rings. The van der Waals surface area contributed by atoms with Gasteiger partial charge in [-0.1, -0.05) is 60.7 Å². The van der Waals surface area contributed by atoms with E-state index in [1.165, 1.54) is 0 Å². The topological polar surface area (TPSA) is 77.4 Å². The molecule has 6 nitrogen and oxygen atoms in total. The number of hydrogen-bond donors (Lipinski definition) is 2. The number of benzene rings is 2. The molecule has 2 aromatic carbocycles. The molecule has 138 valence electrons. The molecule has 2 fully saturated rings. The highest BCUT2D eigenvalue weighted by atomic mass is 16.8. The number of fused-ring (bicyclic) bond motifs is 1. The predicted octanol–water partition coefficient (Wildman–Crippen LogP) is 1.76. The molecule has 0 unspecified atom stereocenters. The van der Waals surface area contributed by atoms with E-state index < -0.39 is 37.0 Å². The molecule has 0 spiro atoms. The minimum atomic E-state index is -1.20. The first-order valence-electron chi connectivity index (χ1n) is 8.71. The molecular formula is C20H22O6. The van der Waals surface area contributed by atoms with Crippen LogP contribution in [-0.4, -0.2) is 47.5 Å². The van der Waals surface area contributed by atoms with E-state index in [0.717, 1.165) is 11.1 Å². The van der Waals surface area contributed by atoms with Crippen LogP contribution in [0.5, 0.6) is 0 Å². The maximum atomic E-state index is 10.5. The normalized spacial score (nSPS) is 34.2. The molecule has 0 saturated carbocycles. The van der Waals surface area contributed by atoms with E-state index in [4.69, 9.17) is 18.9 Å². The molecule has 2 aromatic rings. The van der Waals surface area contributed by atoms with Crippen molar-refractivity contribution in [3.63, 3.8) is 0 Å². The van der Waals surface area contributed by atoms with Gasteiger partial charge in [-0.25, -0.2) is 0 Å². The average Bonchev–Trinajstić information content (AvgIpc) is 2.71. The van der Waals surface area contributed by atoms with Crippen molar-refractivity contribution < 1.29 is 29.2 Å². The van der Waals surface area contributed by atoms with Gasteiger partial charge in [-0.15, -0.1) is 0 Å². The molecule has 0 aromatic heterocycles. The van der Waals surface area contributed by atoms with E-state index in [2.05, 4.69) is 0 Å². The first-order valence-corrected chi connectivity index (χ1v) is 8.71. The van der Waals surface area contributed by atoms with Crippen LogP contribution in [0.3, 0.4) is 0 Å². The van der Waals surface area contributed by atoms with Crippen molar-refractivity contribution in [1.82, 2.24) is 0 Å². The summed E-state index contributed by atoms with van der Waals surface area (Å²) in [6.07, 6.45) is -5.04. The average molecular weight is 358 g/mol. The largest absolute Gasteiger partial charge is 0.387 e. The predicted molar refractivity (Wildman–Crippen MR) is 91.9 cm³/mol. The number of hydrogen-bond acceptors (Lipinski definition) is 6. The second-order valence-electron chi connectivity index (χ2n) is 6.50. The van der Waals surface area contributed by atoms with Gasteiger partial charge in [0.25, 0.3) is 0 Å². The highest BCUT2D eigenvalue weighted by Gasteiger charge is 2.49. The van der Waals surface area contributed by atoms with Gasteiger partial charge in [0, 0.05) is 5.56 Å². The molecular weight excluding hydrogens is 336 g/mol. The van der Waals surface area contributed by atoms with Gasteiger partial charge in [-0.2, -0.15) is 0 Å². The zero-order valence-corrected chi connectivity index (χ0v) is 14.2. The first kappa shape index (κ1) is 17.6. The Morgan fingerprint density at radius 2 is 1.58 bits per heavy atom. The van der Waals surface area contributed by atoms with E-state index in [-0.39, 0.29) is 13.2 Å². The van der Waals surface area contributed by atoms with Gasteiger partial charge in [0.05, 0.1) is 13.2 Å². The number of ether oxygens (including phenoxy) is 4. The van der Waals surface area contributed by atoms with Gasteiger partial charge in [-0.3, -0.25) is 0 Å². The number of aliphatic hydroxyl groups excluding tert-OH is 2. The van der Waals surface area contributed by atoms with Gasteiger partial charge in [0.1, 0.15) is 24.4 Å². The van der Waals surface area contributed by atoms with Crippen molar-refractivity contribution in [2.45, 2.75) is 43.6 Å². The van der Waals surface area contributed by atoms with Gasteiger partial charge in [0.15, 0.2) is 12.6 Å². The fraction of sp³-hybridized carbons (Fsp3) is 0.400. The second kappa shape index (κ2) is 7.84. The maximum Gasteiger partial charge on any atom is 0.187 e. The summed E-state index contributed by atoms with van der Waals surface area (Å²) in [5.74, 6) is 0. The molecule has 0 amide bonds. The van der Waals surface area contributed by atoms with Crippen LogP contribution in [0.15, 0.2) is 60.7 Å². The summed E-state index contributed by atoms with van der Waals surface area (Å²) in [6.45, 7) is 0.528. The van der Waals surface area contributed by atoms with Crippen LogP contribution in [0, 0.1) is 0 Å². The smallest absolute Gasteiger partial charge is 0.187 e. The summed E-state index contributed by atoms with van der Waals surface area (Å²) in [5.41, 5.74) is 1.82. The lowest BCUT2D eigenvalue weighted by Gasteiger charge is -2.46. The van der Waals surface area contributed by atoms with E-state index in [1.807, 2.05) is 60.7 Å². The van der Waals surface area contributed by atoms with Crippen molar-refractivity contribution in [2.24, 2.45) is 0 Å². The number of rotatable bonds is 4. The minimum Gasteiger partial charge on any atom is -0.387 e. The summed E-state index contributed by atoms with van der Waals surface area (Å²) in [7, 11) is 0. The van der Waals surface area contributed by atoms with E-state index in [0.29, 0.717) is 0 Å². The Kier molecular flexibility index (Phi) is 5.31. The van der Waals surface area contributed by atoms with Gasteiger partial charge in [0.2, 0.25) is 0 Å². The quantitative estimate of drug-likeness (QED) is 0.867. The Morgan fingerprint density at radius 3 is 2.31 bits per heavy atom. The van der Waals surface area contributed by atoms with E-state index >= 15 is 0 Å². The minimum absolute atomic E-state index is 0.249. The Morgan fingerprint density at radius 1 is 0.885 bits per heavy atom. The van der Waals surface area contributed by atoms with Crippen LogP contribution in [-0.2, 0) is 25.6 Å². The summed E-state index contributed by atoms with van der Waals surface area (Å²) in [6, 6.07) is 19.1. The third kappa shape index (κ3) is 3.66. The maximum absolute atomic E-state index is 10.5. The zero-order valence-electron chi connectivity index (χ0n) is 14.2. The van der Waals surface area contributed by atoms with Crippen molar-refractivity contribution >= 4 is 0 Å². The van der Waals surface area contributed by atoms with Crippen LogP contribution < -0.4 is 0 Å². The van der Waals surface area contributed by atoms with Gasteiger partial charge < -0.3 is 29.2 Å². The SMILES string of the molecule is O[C@@H]1[C@H](OCc2ccccc2)O[C@@H]2CO[C@@H](c3ccccc3)O[C@@H]2[C@H]1O. The second-order valence-corrected chi connectivity index (χ2v) is 6.50. The first-order chi connectivity index (χ1) is 12.7. The standard InChI is InChI=1S/C20H22O6/c21-16-17(22)20(23-11-13-7-3-1-4-8-13)25-15-12-24-19(26-18(15)16)14-9-5-2-6-10-14/h1-10,15-22H,11-12H2/t15-,16+,17+,18+,19-,20-/m1/s1. The third-order valence-electron chi connectivity index (χ3n) is 4.66.